The summed E-state index contributed by atoms with van der Waals surface area (Å²) < 4.78 is 3.44. The van der Waals surface area contributed by atoms with E-state index in [1.807, 2.05) is 78.1 Å². The molecule has 0 atom stereocenters. The Morgan fingerprint density at radius 2 is 1.71 bits per heavy atom. The third-order valence-corrected chi connectivity index (χ3v) is 6.79. The molecule has 1 amide bonds. The number of para-hydroxylation sites is 2. The molecule has 0 bridgehead atoms. The molecule has 0 spiro atoms. The molecule has 0 unspecified atom stereocenters. The lowest BCUT2D eigenvalue weighted by Crippen LogP contribution is -2.22. The van der Waals surface area contributed by atoms with Gasteiger partial charge in [0.1, 0.15) is 0 Å². The van der Waals surface area contributed by atoms with Gasteiger partial charge in [-0.3, -0.25) is 14.0 Å². The van der Waals surface area contributed by atoms with Gasteiger partial charge in [-0.15, -0.1) is 10.2 Å². The van der Waals surface area contributed by atoms with Gasteiger partial charge in [0.2, 0.25) is 11.7 Å². The average molecular weight is 484 g/mol. The van der Waals surface area contributed by atoms with Crippen LogP contribution in [0.15, 0.2) is 82.7 Å². The zero-order valence-corrected chi connectivity index (χ0v) is 20.4. The highest BCUT2D eigenvalue weighted by Gasteiger charge is 2.19. The number of aryl methyl sites for hydroxylation is 2. The summed E-state index contributed by atoms with van der Waals surface area (Å²) in [6.07, 6.45) is 2.10. The zero-order valence-electron chi connectivity index (χ0n) is 19.6. The first-order valence-electron chi connectivity index (χ1n) is 11.5. The van der Waals surface area contributed by atoms with Gasteiger partial charge in [0.05, 0.1) is 22.3 Å². The van der Waals surface area contributed by atoms with Crippen molar-refractivity contribution in [2.45, 2.75) is 31.8 Å². The van der Waals surface area contributed by atoms with Crippen LogP contribution in [0.5, 0.6) is 0 Å². The van der Waals surface area contributed by atoms with Crippen molar-refractivity contribution in [3.8, 4) is 5.69 Å². The molecule has 0 fully saturated rings. The maximum atomic E-state index is 13.4. The van der Waals surface area contributed by atoms with Crippen LogP contribution < -0.4 is 10.9 Å². The van der Waals surface area contributed by atoms with E-state index in [0.717, 1.165) is 29.8 Å². The molecular formula is C27H25N5O2S. The number of fused-ring (bicyclic) bond motifs is 3. The highest BCUT2D eigenvalue weighted by molar-refractivity contribution is 7.99. The Balaban J connectivity index is 1.48. The molecule has 0 aliphatic carbocycles. The number of nitrogens with zero attached hydrogens (tertiary/aromatic N) is 4. The van der Waals surface area contributed by atoms with Crippen LogP contribution in [0.3, 0.4) is 0 Å². The molecule has 1 N–H and O–H groups in total. The second-order valence-corrected chi connectivity index (χ2v) is 9.29. The molecule has 35 heavy (non-hydrogen) atoms. The molecule has 0 saturated carbocycles. The van der Waals surface area contributed by atoms with Crippen molar-refractivity contribution in [2.24, 2.45) is 0 Å². The normalized spacial score (nSPS) is 11.3. The standard InChI is InChI=1S/C27H25N5O2S/c1-3-8-19-13-15-20(16-14-19)28-24(33)17-35-27-30-29-26-31(22-11-6-4-9-18(22)2)25(34)21-10-5-7-12-23(21)32(26)27/h4-7,9-16H,3,8,17H2,1-2H3,(H,28,33). The molecule has 2 aromatic heterocycles. The van der Waals surface area contributed by atoms with Crippen LogP contribution in [0, 0.1) is 6.92 Å². The van der Waals surface area contributed by atoms with Gasteiger partial charge in [0, 0.05) is 5.69 Å². The number of hydrogen-bond donors (Lipinski definition) is 1. The van der Waals surface area contributed by atoms with Crippen LogP contribution in [0.25, 0.3) is 22.4 Å². The largest absolute Gasteiger partial charge is 0.325 e. The molecular weight excluding hydrogens is 458 g/mol. The fourth-order valence-corrected chi connectivity index (χ4v) is 4.91. The van der Waals surface area contributed by atoms with E-state index >= 15 is 0 Å². The molecule has 7 nitrogen and oxygen atoms in total. The lowest BCUT2D eigenvalue weighted by atomic mass is 10.1. The molecule has 0 aliphatic rings. The molecule has 176 valence electrons. The van der Waals surface area contributed by atoms with Crippen molar-refractivity contribution in [1.29, 1.82) is 0 Å². The number of hydrogen-bond acceptors (Lipinski definition) is 5. The molecule has 0 aliphatic heterocycles. The summed E-state index contributed by atoms with van der Waals surface area (Å²) in [5.41, 5.74) is 4.27. The van der Waals surface area contributed by atoms with E-state index in [-0.39, 0.29) is 17.2 Å². The Kier molecular flexibility index (Phi) is 6.37. The highest BCUT2D eigenvalue weighted by Crippen LogP contribution is 2.24. The fourth-order valence-electron chi connectivity index (χ4n) is 4.17. The molecule has 5 rings (SSSR count). The minimum Gasteiger partial charge on any atom is -0.325 e. The zero-order chi connectivity index (χ0) is 24.4. The van der Waals surface area contributed by atoms with E-state index in [4.69, 9.17) is 0 Å². The number of anilines is 1. The smallest absolute Gasteiger partial charge is 0.267 e. The van der Waals surface area contributed by atoms with Crippen molar-refractivity contribution in [3.05, 3.63) is 94.3 Å². The fraction of sp³-hybridized carbons (Fsp3) is 0.185. The number of carbonyl (C=O) groups is 1. The second kappa shape index (κ2) is 9.76. The number of benzene rings is 3. The minimum atomic E-state index is -0.157. The first-order valence-corrected chi connectivity index (χ1v) is 12.5. The molecule has 2 heterocycles. The van der Waals surface area contributed by atoms with Crippen molar-refractivity contribution in [1.82, 2.24) is 19.2 Å². The Labute approximate surface area is 206 Å². The van der Waals surface area contributed by atoms with Gasteiger partial charge >= 0.3 is 0 Å². The third kappa shape index (κ3) is 4.44. The average Bonchev–Trinajstić information content (AvgIpc) is 3.29. The number of rotatable bonds is 7. The first-order chi connectivity index (χ1) is 17.1. The van der Waals surface area contributed by atoms with Crippen molar-refractivity contribution < 1.29 is 4.79 Å². The maximum absolute atomic E-state index is 13.4. The van der Waals surface area contributed by atoms with Crippen molar-refractivity contribution >= 4 is 40.0 Å². The Morgan fingerprint density at radius 3 is 2.49 bits per heavy atom. The van der Waals surface area contributed by atoms with Gasteiger partial charge in [-0.2, -0.15) is 0 Å². The number of nitrogens with one attached hydrogen (secondary N) is 1. The topological polar surface area (TPSA) is 81.3 Å². The molecule has 0 radical (unpaired) electrons. The number of carbonyl (C=O) groups excluding carboxylic acids is 1. The van der Waals surface area contributed by atoms with E-state index in [1.54, 1.807) is 10.6 Å². The first kappa shape index (κ1) is 22.9. The third-order valence-electron chi connectivity index (χ3n) is 5.86. The SMILES string of the molecule is CCCc1ccc(NC(=O)CSc2nnc3n(-c4ccccc4C)c(=O)c4ccccc4n23)cc1. The Bertz CT molecular complexity index is 1590. The summed E-state index contributed by atoms with van der Waals surface area (Å²) in [4.78, 5) is 26.1. The Hall–Kier alpha value is -3.91. The van der Waals surface area contributed by atoms with E-state index in [1.165, 1.54) is 17.3 Å². The number of amides is 1. The Morgan fingerprint density at radius 1 is 0.971 bits per heavy atom. The summed E-state index contributed by atoms with van der Waals surface area (Å²) in [6.45, 7) is 4.10. The van der Waals surface area contributed by atoms with E-state index < -0.39 is 0 Å². The van der Waals surface area contributed by atoms with Crippen molar-refractivity contribution in [2.75, 3.05) is 11.1 Å². The monoisotopic (exact) mass is 483 g/mol. The van der Waals surface area contributed by atoms with Crippen LogP contribution in [-0.2, 0) is 11.2 Å². The van der Waals surface area contributed by atoms with Crippen molar-refractivity contribution in [3.63, 3.8) is 0 Å². The van der Waals surface area contributed by atoms with Gasteiger partial charge < -0.3 is 5.32 Å². The summed E-state index contributed by atoms with van der Waals surface area (Å²) in [6, 6.07) is 23.0. The van der Waals surface area contributed by atoms with Crippen LogP contribution >= 0.6 is 11.8 Å². The van der Waals surface area contributed by atoms with Gasteiger partial charge in [-0.1, -0.05) is 67.6 Å². The number of thioether (sulfide) groups is 1. The van der Waals surface area contributed by atoms with E-state index in [0.29, 0.717) is 21.8 Å². The summed E-state index contributed by atoms with van der Waals surface area (Å²) >= 11 is 1.29. The van der Waals surface area contributed by atoms with Gasteiger partial charge in [0.25, 0.3) is 5.56 Å². The second-order valence-electron chi connectivity index (χ2n) is 8.35. The van der Waals surface area contributed by atoms with Crippen LogP contribution in [0.2, 0.25) is 0 Å². The van der Waals surface area contributed by atoms with Gasteiger partial charge in [-0.05, 0) is 54.8 Å². The van der Waals surface area contributed by atoms with Crippen LogP contribution in [0.1, 0.15) is 24.5 Å². The number of aromatic nitrogens is 4. The summed E-state index contributed by atoms with van der Waals surface area (Å²) in [5.74, 6) is 0.443. The van der Waals surface area contributed by atoms with Crippen LogP contribution in [-0.4, -0.2) is 30.8 Å². The van der Waals surface area contributed by atoms with Gasteiger partial charge in [0.15, 0.2) is 5.16 Å². The summed E-state index contributed by atoms with van der Waals surface area (Å²) in [7, 11) is 0. The van der Waals surface area contributed by atoms with Crippen LogP contribution in [0.4, 0.5) is 5.69 Å². The van der Waals surface area contributed by atoms with E-state index in [2.05, 4.69) is 22.4 Å². The molecule has 3 aromatic carbocycles. The van der Waals surface area contributed by atoms with E-state index in [9.17, 15) is 9.59 Å². The summed E-state index contributed by atoms with van der Waals surface area (Å²) in [5, 5.41) is 12.8. The van der Waals surface area contributed by atoms with Gasteiger partial charge in [-0.25, -0.2) is 4.57 Å². The lowest BCUT2D eigenvalue weighted by Gasteiger charge is -2.13. The minimum absolute atomic E-state index is 0.133. The predicted molar refractivity (Wildman–Crippen MR) is 141 cm³/mol. The molecule has 8 heteroatoms. The highest BCUT2D eigenvalue weighted by atomic mass is 32.2. The quantitative estimate of drug-likeness (QED) is 0.329. The molecule has 5 aromatic rings. The lowest BCUT2D eigenvalue weighted by molar-refractivity contribution is -0.113. The predicted octanol–water partition coefficient (Wildman–Crippen LogP) is 5.03. The molecule has 0 saturated heterocycles. The maximum Gasteiger partial charge on any atom is 0.267 e.